The average molecular weight is 487 g/mol. The first kappa shape index (κ1) is 20.4. The summed E-state index contributed by atoms with van der Waals surface area (Å²) in [5.74, 6) is 1.67. The van der Waals surface area contributed by atoms with Crippen LogP contribution in [0.3, 0.4) is 0 Å². The molecule has 1 aliphatic heterocycles. The number of benzene rings is 3. The van der Waals surface area contributed by atoms with Crippen molar-refractivity contribution in [1.29, 1.82) is 0 Å². The first-order valence-corrected chi connectivity index (χ1v) is 12.1. The number of nitrogens with zero attached hydrogens (tertiary/aromatic N) is 2. The Morgan fingerprint density at radius 3 is 2.34 bits per heavy atom. The van der Waals surface area contributed by atoms with Crippen molar-refractivity contribution in [3.05, 3.63) is 96.7 Å². The first-order valence-electron chi connectivity index (χ1n) is 10.4. The summed E-state index contributed by atoms with van der Waals surface area (Å²) >= 11 is -0.0803. The van der Waals surface area contributed by atoms with Gasteiger partial charge in [-0.25, -0.2) is 0 Å². The van der Waals surface area contributed by atoms with E-state index in [1.165, 1.54) is 4.46 Å². The maximum absolute atomic E-state index is 13.3. The second kappa shape index (κ2) is 8.95. The molecule has 158 valence electrons. The SMILES string of the molecule is COc1ccc([Se]c2nc(-c3ccccc3)c[n+]3c2NC(Cc2ccccc2)C3=O)cc1. The zero-order valence-electron chi connectivity index (χ0n) is 17.6. The molecule has 0 bridgehead atoms. The van der Waals surface area contributed by atoms with Crippen LogP contribution in [0.15, 0.2) is 91.1 Å². The van der Waals surface area contributed by atoms with Gasteiger partial charge >= 0.3 is 193 Å². The molecule has 4 aromatic rings. The maximum atomic E-state index is 13.3. The molecule has 0 amide bonds. The van der Waals surface area contributed by atoms with Gasteiger partial charge in [-0.05, 0) is 0 Å². The minimum atomic E-state index is -0.310. The summed E-state index contributed by atoms with van der Waals surface area (Å²) in [7, 11) is 1.66. The van der Waals surface area contributed by atoms with Crippen LogP contribution in [0.25, 0.3) is 11.3 Å². The van der Waals surface area contributed by atoms with E-state index in [2.05, 4.69) is 29.6 Å². The van der Waals surface area contributed by atoms with Crippen molar-refractivity contribution in [3.63, 3.8) is 0 Å². The Balaban J connectivity index is 1.53. The molecule has 5 nitrogen and oxygen atoms in total. The van der Waals surface area contributed by atoms with Gasteiger partial charge in [0.2, 0.25) is 0 Å². The van der Waals surface area contributed by atoms with Gasteiger partial charge < -0.3 is 0 Å². The Bertz CT molecular complexity index is 1250. The van der Waals surface area contributed by atoms with Crippen molar-refractivity contribution in [3.8, 4) is 17.0 Å². The van der Waals surface area contributed by atoms with Crippen LogP contribution in [0.1, 0.15) is 10.4 Å². The van der Waals surface area contributed by atoms with Crippen LogP contribution < -0.4 is 23.7 Å². The molecule has 1 atom stereocenters. The van der Waals surface area contributed by atoms with E-state index < -0.39 is 0 Å². The molecule has 6 heteroatoms. The molecule has 3 aromatic carbocycles. The number of nitrogens with one attached hydrogen (secondary N) is 1. The number of rotatable bonds is 6. The fourth-order valence-corrected chi connectivity index (χ4v) is 5.62. The molecule has 0 fully saturated rings. The van der Waals surface area contributed by atoms with Gasteiger partial charge in [0.15, 0.2) is 0 Å². The summed E-state index contributed by atoms with van der Waals surface area (Å²) in [6.07, 6.45) is 2.50. The van der Waals surface area contributed by atoms with Gasteiger partial charge in [0.1, 0.15) is 0 Å². The summed E-state index contributed by atoms with van der Waals surface area (Å²) < 4.78 is 9.12. The number of fused-ring (bicyclic) bond motifs is 1. The van der Waals surface area contributed by atoms with Gasteiger partial charge in [-0.1, -0.05) is 0 Å². The number of hydrogen-bond acceptors (Lipinski definition) is 4. The molecule has 1 unspecified atom stereocenters. The molecule has 0 spiro atoms. The van der Waals surface area contributed by atoms with E-state index in [0.717, 1.165) is 33.0 Å². The van der Waals surface area contributed by atoms with Crippen molar-refractivity contribution < 1.29 is 14.1 Å². The number of aromatic nitrogens is 2. The average Bonchev–Trinajstić information content (AvgIpc) is 3.16. The molecule has 1 aromatic heterocycles. The zero-order valence-corrected chi connectivity index (χ0v) is 19.3. The Hall–Kier alpha value is -3.47. The topological polar surface area (TPSA) is 55.1 Å². The van der Waals surface area contributed by atoms with Crippen molar-refractivity contribution >= 4 is 35.7 Å². The van der Waals surface area contributed by atoms with E-state index in [1.54, 1.807) is 11.7 Å². The van der Waals surface area contributed by atoms with Gasteiger partial charge in [-0.2, -0.15) is 0 Å². The van der Waals surface area contributed by atoms with Gasteiger partial charge in [0.05, 0.1) is 0 Å². The van der Waals surface area contributed by atoms with Gasteiger partial charge in [0.25, 0.3) is 0 Å². The van der Waals surface area contributed by atoms with Crippen LogP contribution in [0.2, 0.25) is 0 Å². The molecule has 5 rings (SSSR count). The fraction of sp³-hybridized carbons (Fsp3) is 0.115. The first-order chi connectivity index (χ1) is 15.7. The van der Waals surface area contributed by atoms with E-state index in [0.29, 0.717) is 6.42 Å². The van der Waals surface area contributed by atoms with E-state index in [9.17, 15) is 4.79 Å². The standard InChI is InChI=1S/C26H21N3O2Se/c1-31-20-12-14-21(15-13-20)32-25-24-27-22(16-18-8-4-2-5-9-18)26(30)29(24)17-23(28-25)19-10-6-3-7-11-19/h2-15,17,22H,16H2,1H3/p+1. The second-order valence-electron chi connectivity index (χ2n) is 7.52. The van der Waals surface area contributed by atoms with Crippen molar-refractivity contribution in [2.24, 2.45) is 0 Å². The second-order valence-corrected chi connectivity index (χ2v) is 9.75. The molecule has 0 saturated carbocycles. The summed E-state index contributed by atoms with van der Waals surface area (Å²) in [6.45, 7) is 0. The molecule has 32 heavy (non-hydrogen) atoms. The van der Waals surface area contributed by atoms with Crippen molar-refractivity contribution in [2.75, 3.05) is 12.4 Å². The molecule has 0 saturated heterocycles. The Labute approximate surface area is 193 Å². The van der Waals surface area contributed by atoms with Crippen LogP contribution >= 0.6 is 0 Å². The van der Waals surface area contributed by atoms with Crippen LogP contribution in [-0.4, -0.2) is 39.0 Å². The molecule has 1 N–H and O–H groups in total. The number of ether oxygens (including phenoxy) is 1. The van der Waals surface area contributed by atoms with Crippen LogP contribution in [0.4, 0.5) is 5.82 Å². The fourth-order valence-electron chi connectivity index (χ4n) is 3.74. The van der Waals surface area contributed by atoms with E-state index in [-0.39, 0.29) is 26.9 Å². The third kappa shape index (κ3) is 4.15. The van der Waals surface area contributed by atoms with E-state index in [1.807, 2.05) is 66.9 Å². The third-order valence-electron chi connectivity index (χ3n) is 5.39. The van der Waals surface area contributed by atoms with Crippen molar-refractivity contribution in [2.45, 2.75) is 12.5 Å². The summed E-state index contributed by atoms with van der Waals surface area (Å²) in [5, 5.41) is 3.46. The van der Waals surface area contributed by atoms with Gasteiger partial charge in [-0.15, -0.1) is 0 Å². The van der Waals surface area contributed by atoms with Crippen LogP contribution in [0, 0.1) is 0 Å². The van der Waals surface area contributed by atoms with E-state index in [4.69, 9.17) is 9.72 Å². The minimum absolute atomic E-state index is 0.0511. The molecular formula is C26H22N3O2Se+. The normalized spacial score (nSPS) is 14.7. The molecule has 0 aliphatic carbocycles. The number of methoxy groups -OCH3 is 1. The zero-order chi connectivity index (χ0) is 21.9. The monoisotopic (exact) mass is 488 g/mol. The van der Waals surface area contributed by atoms with Gasteiger partial charge in [-0.3, -0.25) is 0 Å². The Morgan fingerprint density at radius 1 is 0.969 bits per heavy atom. The summed E-state index contributed by atoms with van der Waals surface area (Å²) in [5.41, 5.74) is 2.93. The quantitative estimate of drug-likeness (QED) is 0.335. The van der Waals surface area contributed by atoms with Crippen molar-refractivity contribution in [1.82, 2.24) is 4.98 Å². The van der Waals surface area contributed by atoms with Crippen LogP contribution in [-0.2, 0) is 6.42 Å². The molecule has 2 heterocycles. The van der Waals surface area contributed by atoms with E-state index >= 15 is 0 Å². The number of anilines is 1. The number of carbonyl (C=O) groups excluding carboxylic acids is 1. The molecule has 0 radical (unpaired) electrons. The molecular weight excluding hydrogens is 465 g/mol. The Morgan fingerprint density at radius 2 is 1.66 bits per heavy atom. The number of hydrogen-bond donors (Lipinski definition) is 1. The van der Waals surface area contributed by atoms with Crippen LogP contribution in [0.5, 0.6) is 5.75 Å². The summed E-state index contributed by atoms with van der Waals surface area (Å²) in [6, 6.07) is 27.8. The summed E-state index contributed by atoms with van der Waals surface area (Å²) in [4.78, 5) is 18.3. The number of carbonyl (C=O) groups is 1. The van der Waals surface area contributed by atoms with Gasteiger partial charge in [0, 0.05) is 0 Å². The third-order valence-corrected chi connectivity index (χ3v) is 7.46. The predicted octanol–water partition coefficient (Wildman–Crippen LogP) is 2.38. The molecule has 1 aliphatic rings. The Kier molecular flexibility index (Phi) is 5.71. The predicted molar refractivity (Wildman–Crippen MR) is 126 cm³/mol.